The van der Waals surface area contributed by atoms with Crippen LogP contribution in [-0.4, -0.2) is 20.8 Å². The van der Waals surface area contributed by atoms with E-state index in [2.05, 4.69) is 0 Å². The molecule has 0 unspecified atom stereocenters. The Bertz CT molecular complexity index is 301. The Kier molecular flexibility index (Phi) is 2.59. The molecule has 1 aliphatic heterocycles. The first kappa shape index (κ1) is 9.34. The Labute approximate surface area is 83.6 Å². The van der Waals surface area contributed by atoms with E-state index in [1.165, 1.54) is 5.56 Å². The Balaban J connectivity index is 2.50. The molecule has 0 radical (unpaired) electrons. The first-order chi connectivity index (χ1) is 6.86. The summed E-state index contributed by atoms with van der Waals surface area (Å²) < 4.78 is 16.0. The fourth-order valence-corrected chi connectivity index (χ4v) is 1.81. The van der Waals surface area contributed by atoms with E-state index in [1.807, 2.05) is 12.1 Å². The monoisotopic (exact) mass is 194 g/mol. The molecule has 0 saturated carbocycles. The fourth-order valence-electron chi connectivity index (χ4n) is 1.81. The van der Waals surface area contributed by atoms with E-state index in [-0.39, 0.29) is 0 Å². The van der Waals surface area contributed by atoms with Crippen LogP contribution in [0.5, 0.6) is 11.5 Å². The minimum atomic E-state index is 0.621. The van der Waals surface area contributed by atoms with E-state index in [1.54, 1.807) is 14.2 Å². The highest BCUT2D eigenvalue weighted by molar-refractivity contribution is 5.49. The maximum absolute atomic E-state index is 5.40. The molecule has 0 N–H and O–H groups in total. The molecule has 0 bridgehead atoms. The number of ether oxygens (including phenoxy) is 3. The molecule has 0 saturated heterocycles. The van der Waals surface area contributed by atoms with Gasteiger partial charge in [-0.15, -0.1) is 0 Å². The van der Waals surface area contributed by atoms with Gasteiger partial charge in [0, 0.05) is 11.1 Å². The van der Waals surface area contributed by atoms with Crippen LogP contribution in [0.3, 0.4) is 0 Å². The van der Waals surface area contributed by atoms with E-state index in [9.17, 15) is 0 Å². The topological polar surface area (TPSA) is 27.7 Å². The summed E-state index contributed by atoms with van der Waals surface area (Å²) in [7, 11) is 3.37. The van der Waals surface area contributed by atoms with Gasteiger partial charge >= 0.3 is 0 Å². The molecule has 0 atom stereocenters. The minimum absolute atomic E-state index is 0.621. The van der Waals surface area contributed by atoms with Crippen molar-refractivity contribution in [2.45, 2.75) is 13.0 Å². The Morgan fingerprint density at radius 1 is 1.07 bits per heavy atom. The second-order valence-corrected chi connectivity index (χ2v) is 3.23. The zero-order valence-electron chi connectivity index (χ0n) is 8.50. The lowest BCUT2D eigenvalue weighted by Gasteiger charge is -2.21. The normalized spacial score (nSPS) is 14.7. The van der Waals surface area contributed by atoms with Gasteiger partial charge in [0.15, 0.2) is 0 Å². The summed E-state index contributed by atoms with van der Waals surface area (Å²) in [5.41, 5.74) is 2.34. The first-order valence-electron chi connectivity index (χ1n) is 4.67. The van der Waals surface area contributed by atoms with Crippen molar-refractivity contribution < 1.29 is 14.2 Å². The molecule has 0 fully saturated rings. The molecule has 0 spiro atoms. The maximum atomic E-state index is 5.40. The van der Waals surface area contributed by atoms with Crippen molar-refractivity contribution in [3.05, 3.63) is 23.3 Å². The van der Waals surface area contributed by atoms with Crippen molar-refractivity contribution in [3.8, 4) is 11.5 Å². The van der Waals surface area contributed by atoms with E-state index >= 15 is 0 Å². The average molecular weight is 194 g/mol. The molecule has 3 nitrogen and oxygen atoms in total. The van der Waals surface area contributed by atoms with Crippen molar-refractivity contribution in [1.82, 2.24) is 0 Å². The predicted octanol–water partition coefficient (Wildman–Crippen LogP) is 1.78. The highest BCUT2D eigenvalue weighted by Gasteiger charge is 2.18. The third-order valence-electron chi connectivity index (χ3n) is 2.53. The lowest BCUT2D eigenvalue weighted by atomic mass is 10.0. The molecule has 1 aliphatic rings. The molecule has 3 heteroatoms. The van der Waals surface area contributed by atoms with Crippen LogP contribution in [-0.2, 0) is 17.8 Å². The van der Waals surface area contributed by atoms with E-state index in [0.29, 0.717) is 6.61 Å². The molecule has 76 valence electrons. The number of methoxy groups -OCH3 is 2. The van der Waals surface area contributed by atoms with Gasteiger partial charge in [0.1, 0.15) is 11.5 Å². The quantitative estimate of drug-likeness (QED) is 0.718. The van der Waals surface area contributed by atoms with Gasteiger partial charge < -0.3 is 14.2 Å². The molecular weight excluding hydrogens is 180 g/mol. The predicted molar refractivity (Wildman–Crippen MR) is 52.9 cm³/mol. The Hall–Kier alpha value is -1.22. The van der Waals surface area contributed by atoms with Crippen LogP contribution in [0.15, 0.2) is 12.1 Å². The van der Waals surface area contributed by atoms with Crippen LogP contribution in [0.25, 0.3) is 0 Å². The van der Waals surface area contributed by atoms with E-state index < -0.39 is 0 Å². The van der Waals surface area contributed by atoms with Crippen molar-refractivity contribution >= 4 is 0 Å². The van der Waals surface area contributed by atoms with Crippen LogP contribution in [0.2, 0.25) is 0 Å². The van der Waals surface area contributed by atoms with Crippen LogP contribution < -0.4 is 9.47 Å². The molecule has 14 heavy (non-hydrogen) atoms. The summed E-state index contributed by atoms with van der Waals surface area (Å²) in [5, 5.41) is 0. The first-order valence-corrected chi connectivity index (χ1v) is 4.67. The Morgan fingerprint density at radius 2 is 1.71 bits per heavy atom. The third-order valence-corrected chi connectivity index (χ3v) is 2.53. The van der Waals surface area contributed by atoms with Gasteiger partial charge in [-0.05, 0) is 18.6 Å². The number of benzene rings is 1. The fraction of sp³-hybridized carbons (Fsp3) is 0.455. The van der Waals surface area contributed by atoms with Crippen LogP contribution in [0.4, 0.5) is 0 Å². The van der Waals surface area contributed by atoms with E-state index in [0.717, 1.165) is 30.1 Å². The molecule has 1 heterocycles. The molecule has 1 aromatic carbocycles. The number of hydrogen-bond donors (Lipinski definition) is 0. The second-order valence-electron chi connectivity index (χ2n) is 3.23. The summed E-state index contributed by atoms with van der Waals surface area (Å²) in [6, 6.07) is 3.87. The number of fused-ring (bicyclic) bond motifs is 1. The van der Waals surface area contributed by atoms with Crippen molar-refractivity contribution in [3.63, 3.8) is 0 Å². The van der Waals surface area contributed by atoms with Gasteiger partial charge in [-0.3, -0.25) is 0 Å². The SMILES string of the molecule is COc1ccc(OC)c2c1CCOC2. The van der Waals surface area contributed by atoms with Crippen molar-refractivity contribution in [2.24, 2.45) is 0 Å². The summed E-state index contributed by atoms with van der Waals surface area (Å²) >= 11 is 0. The minimum Gasteiger partial charge on any atom is -0.496 e. The lowest BCUT2D eigenvalue weighted by Crippen LogP contribution is -2.12. The van der Waals surface area contributed by atoms with Gasteiger partial charge in [-0.2, -0.15) is 0 Å². The highest BCUT2D eigenvalue weighted by Crippen LogP contribution is 2.33. The molecular formula is C11H14O3. The average Bonchev–Trinajstić information content (AvgIpc) is 2.27. The standard InChI is InChI=1S/C11H14O3/c1-12-10-3-4-11(13-2)9-7-14-6-5-8(9)10/h3-4H,5-7H2,1-2H3. The van der Waals surface area contributed by atoms with Crippen LogP contribution >= 0.6 is 0 Å². The maximum Gasteiger partial charge on any atom is 0.124 e. The molecule has 1 aromatic rings. The summed E-state index contributed by atoms with van der Waals surface area (Å²) in [4.78, 5) is 0. The Morgan fingerprint density at radius 3 is 2.36 bits per heavy atom. The van der Waals surface area contributed by atoms with Gasteiger partial charge in [-0.25, -0.2) is 0 Å². The summed E-state index contributed by atoms with van der Waals surface area (Å²) in [6.07, 6.45) is 0.899. The van der Waals surface area contributed by atoms with Crippen LogP contribution in [0, 0.1) is 0 Å². The van der Waals surface area contributed by atoms with Crippen molar-refractivity contribution in [1.29, 1.82) is 0 Å². The molecule has 0 amide bonds. The van der Waals surface area contributed by atoms with Gasteiger partial charge in [0.05, 0.1) is 27.4 Å². The summed E-state index contributed by atoms with van der Waals surface area (Å²) in [5.74, 6) is 1.82. The number of hydrogen-bond acceptors (Lipinski definition) is 3. The van der Waals surface area contributed by atoms with Crippen molar-refractivity contribution in [2.75, 3.05) is 20.8 Å². The second kappa shape index (κ2) is 3.88. The molecule has 0 aliphatic carbocycles. The molecule has 2 rings (SSSR count). The lowest BCUT2D eigenvalue weighted by molar-refractivity contribution is 0.107. The third kappa shape index (κ3) is 1.44. The van der Waals surface area contributed by atoms with Gasteiger partial charge in [0.2, 0.25) is 0 Å². The zero-order valence-corrected chi connectivity index (χ0v) is 8.50. The van der Waals surface area contributed by atoms with Gasteiger partial charge in [-0.1, -0.05) is 0 Å². The van der Waals surface area contributed by atoms with E-state index in [4.69, 9.17) is 14.2 Å². The largest absolute Gasteiger partial charge is 0.496 e. The smallest absolute Gasteiger partial charge is 0.124 e. The zero-order chi connectivity index (χ0) is 9.97. The summed E-state index contributed by atoms with van der Waals surface area (Å²) in [6.45, 7) is 1.38. The van der Waals surface area contributed by atoms with Crippen LogP contribution in [0.1, 0.15) is 11.1 Å². The highest BCUT2D eigenvalue weighted by atomic mass is 16.5. The number of rotatable bonds is 2. The molecule has 0 aromatic heterocycles. The van der Waals surface area contributed by atoms with Gasteiger partial charge in [0.25, 0.3) is 0 Å².